The highest BCUT2D eigenvalue weighted by atomic mass is 19.4. The molecule has 240 valence electrons. The molecule has 1 amide bonds. The largest absolute Gasteiger partial charge is 0.495 e. The summed E-state index contributed by atoms with van der Waals surface area (Å²) in [6.45, 7) is 3.10. The quantitative estimate of drug-likeness (QED) is 0.294. The van der Waals surface area contributed by atoms with Gasteiger partial charge in [-0.2, -0.15) is 13.2 Å². The van der Waals surface area contributed by atoms with Gasteiger partial charge in [0.15, 0.2) is 0 Å². The number of rotatable bonds is 8. The van der Waals surface area contributed by atoms with Crippen molar-refractivity contribution in [3.05, 3.63) is 53.7 Å². The van der Waals surface area contributed by atoms with E-state index in [4.69, 9.17) is 9.47 Å². The maximum absolute atomic E-state index is 13.7. The van der Waals surface area contributed by atoms with Gasteiger partial charge in [0, 0.05) is 60.7 Å². The number of fused-ring (bicyclic) bond motifs is 2. The summed E-state index contributed by atoms with van der Waals surface area (Å²) < 4.78 is 53.4. The summed E-state index contributed by atoms with van der Waals surface area (Å²) in [5, 5.41) is 10.1. The summed E-state index contributed by atoms with van der Waals surface area (Å²) in [4.78, 5) is 14.6. The molecule has 3 aromatic rings. The second kappa shape index (κ2) is 13.2. The van der Waals surface area contributed by atoms with Gasteiger partial charge in [-0.1, -0.05) is 12.0 Å². The highest BCUT2D eigenvalue weighted by Crippen LogP contribution is 2.36. The number of aromatic nitrogens is 1. The Morgan fingerprint density at radius 2 is 1.80 bits per heavy atom. The number of carbonyl (C=O) groups excluding carboxylic acids is 1. The molecular formula is C34H40F3N5O3. The van der Waals surface area contributed by atoms with Gasteiger partial charge in [0.25, 0.3) is 5.91 Å². The summed E-state index contributed by atoms with van der Waals surface area (Å²) in [7, 11) is 3.05. The fraction of sp³-hybridized carbons (Fsp3) is 0.500. The molecule has 6 rings (SSSR count). The van der Waals surface area contributed by atoms with Gasteiger partial charge in [0.2, 0.25) is 0 Å². The number of amides is 1. The van der Waals surface area contributed by atoms with Crippen molar-refractivity contribution in [2.24, 2.45) is 11.8 Å². The lowest BCUT2D eigenvalue weighted by Crippen LogP contribution is -2.40. The van der Waals surface area contributed by atoms with Crippen molar-refractivity contribution in [1.29, 1.82) is 0 Å². The fourth-order valence-electron chi connectivity index (χ4n) is 7.09. The molecule has 2 aliphatic heterocycles. The van der Waals surface area contributed by atoms with E-state index in [1.165, 1.54) is 11.7 Å². The summed E-state index contributed by atoms with van der Waals surface area (Å²) in [6, 6.07) is 13.1. The van der Waals surface area contributed by atoms with Crippen molar-refractivity contribution in [2.75, 3.05) is 57.6 Å². The number of benzene rings is 2. The van der Waals surface area contributed by atoms with Gasteiger partial charge in [0.05, 0.1) is 43.8 Å². The van der Waals surface area contributed by atoms with E-state index in [0.29, 0.717) is 46.1 Å². The molecule has 45 heavy (non-hydrogen) atoms. The van der Waals surface area contributed by atoms with Crippen LogP contribution in [0.2, 0.25) is 0 Å². The van der Waals surface area contributed by atoms with Crippen molar-refractivity contribution >= 4 is 28.2 Å². The van der Waals surface area contributed by atoms with Crippen LogP contribution in [-0.4, -0.2) is 80.6 Å². The normalized spacial score (nSPS) is 23.3. The molecule has 2 atom stereocenters. The van der Waals surface area contributed by atoms with Crippen LogP contribution < -0.4 is 20.7 Å². The van der Waals surface area contributed by atoms with Crippen LogP contribution in [-0.2, 0) is 11.3 Å². The zero-order chi connectivity index (χ0) is 31.6. The fourth-order valence-corrected chi connectivity index (χ4v) is 7.09. The third-order valence-electron chi connectivity index (χ3n) is 9.40. The van der Waals surface area contributed by atoms with Gasteiger partial charge in [-0.05, 0) is 68.0 Å². The predicted molar refractivity (Wildman–Crippen MR) is 169 cm³/mol. The minimum Gasteiger partial charge on any atom is -0.495 e. The lowest BCUT2D eigenvalue weighted by atomic mass is 9.90. The lowest BCUT2D eigenvalue weighted by molar-refractivity contribution is -0.140. The Morgan fingerprint density at radius 1 is 1.04 bits per heavy atom. The van der Waals surface area contributed by atoms with Crippen LogP contribution >= 0.6 is 0 Å². The Bertz CT molecular complexity index is 1570. The van der Waals surface area contributed by atoms with Crippen molar-refractivity contribution in [3.63, 3.8) is 0 Å². The minimum absolute atomic E-state index is 0.170. The van der Waals surface area contributed by atoms with Gasteiger partial charge in [-0.25, -0.2) is 0 Å². The second-order valence-corrected chi connectivity index (χ2v) is 12.3. The number of methoxy groups -OCH3 is 1. The standard InChI is InChI=1S/C34H40F3N5O3/c1-38-33(43)22-8-13-30(32(15-22)44-2)39-14-4-5-27-16-28-29(6-3-7-31(28)42(27)21-34(35,36)37)40-25-9-11-26(12-10-25)41-17-23-19-45-20-24(23)18-41/h3,6-8,13,15-16,23-26,39-40H,9-12,14,17-21H2,1-2H3,(H,38,43). The third kappa shape index (κ3) is 7.02. The molecule has 3 aliphatic rings. The van der Waals surface area contributed by atoms with E-state index < -0.39 is 12.7 Å². The van der Waals surface area contributed by atoms with Crippen molar-refractivity contribution in [3.8, 4) is 17.6 Å². The maximum Gasteiger partial charge on any atom is 0.406 e. The molecule has 3 N–H and O–H groups in total. The zero-order valence-electron chi connectivity index (χ0n) is 25.7. The number of carbonyl (C=O) groups is 1. The van der Waals surface area contributed by atoms with E-state index >= 15 is 0 Å². The third-order valence-corrected chi connectivity index (χ3v) is 9.40. The van der Waals surface area contributed by atoms with Gasteiger partial charge in [-0.3, -0.25) is 9.69 Å². The summed E-state index contributed by atoms with van der Waals surface area (Å²) in [5.41, 5.74) is 2.71. The number of hydrogen-bond donors (Lipinski definition) is 3. The van der Waals surface area contributed by atoms with E-state index in [0.717, 1.165) is 63.1 Å². The smallest absolute Gasteiger partial charge is 0.406 e. The van der Waals surface area contributed by atoms with Crippen LogP contribution in [0, 0.1) is 23.7 Å². The number of anilines is 2. The average Bonchev–Trinajstić information content (AvgIpc) is 3.73. The van der Waals surface area contributed by atoms with E-state index in [9.17, 15) is 18.0 Å². The van der Waals surface area contributed by atoms with Crippen molar-refractivity contribution in [2.45, 2.75) is 50.5 Å². The summed E-state index contributed by atoms with van der Waals surface area (Å²) >= 11 is 0. The molecule has 8 nitrogen and oxygen atoms in total. The number of nitrogens with zero attached hydrogens (tertiary/aromatic N) is 2. The molecule has 1 aliphatic carbocycles. The van der Waals surface area contributed by atoms with E-state index in [1.54, 1.807) is 37.4 Å². The average molecular weight is 624 g/mol. The van der Waals surface area contributed by atoms with Crippen LogP contribution in [0.5, 0.6) is 5.75 Å². The molecule has 0 spiro atoms. The summed E-state index contributed by atoms with van der Waals surface area (Å²) in [6.07, 6.45) is -0.113. The molecule has 2 aromatic carbocycles. The second-order valence-electron chi connectivity index (χ2n) is 12.3. The Morgan fingerprint density at radius 3 is 2.49 bits per heavy atom. The highest BCUT2D eigenvalue weighted by Gasteiger charge is 2.40. The van der Waals surface area contributed by atoms with Gasteiger partial charge in [0.1, 0.15) is 12.3 Å². The SMILES string of the molecule is CNC(=O)c1ccc(NCC#Cc2cc3c(NC4CCC(N5CC6COCC6C5)CC4)cccc3n2CC(F)(F)F)c(OC)c1. The summed E-state index contributed by atoms with van der Waals surface area (Å²) in [5.74, 6) is 7.51. The minimum atomic E-state index is -4.40. The molecule has 3 fully saturated rings. The first-order chi connectivity index (χ1) is 21.7. The van der Waals surface area contributed by atoms with E-state index in [-0.39, 0.29) is 18.5 Å². The lowest BCUT2D eigenvalue weighted by Gasteiger charge is -2.35. The van der Waals surface area contributed by atoms with Gasteiger partial charge >= 0.3 is 6.18 Å². The molecule has 11 heteroatoms. The van der Waals surface area contributed by atoms with Gasteiger partial charge < -0.3 is 30.0 Å². The number of hydrogen-bond acceptors (Lipinski definition) is 6. The van der Waals surface area contributed by atoms with Crippen molar-refractivity contribution < 1.29 is 27.4 Å². The van der Waals surface area contributed by atoms with Crippen LogP contribution in [0.3, 0.4) is 0 Å². The zero-order valence-corrected chi connectivity index (χ0v) is 25.7. The first-order valence-electron chi connectivity index (χ1n) is 15.6. The number of alkyl halides is 3. The number of nitrogens with one attached hydrogen (secondary N) is 3. The Kier molecular flexibility index (Phi) is 9.15. The molecule has 1 aromatic heterocycles. The predicted octanol–water partition coefficient (Wildman–Crippen LogP) is 5.34. The number of likely N-dealkylation sites (tertiary alicyclic amines) is 1. The highest BCUT2D eigenvalue weighted by molar-refractivity contribution is 5.95. The number of halogens is 3. The topological polar surface area (TPSA) is 79.8 Å². The van der Waals surface area contributed by atoms with Crippen LogP contribution in [0.1, 0.15) is 41.7 Å². The number of ether oxygens (including phenoxy) is 2. The maximum atomic E-state index is 13.7. The molecular weight excluding hydrogens is 583 g/mol. The van der Waals surface area contributed by atoms with E-state index in [1.807, 2.05) is 12.1 Å². The van der Waals surface area contributed by atoms with Crippen LogP contribution in [0.15, 0.2) is 42.5 Å². The Balaban J connectivity index is 1.15. The Hall–Kier alpha value is -3.88. The van der Waals surface area contributed by atoms with Crippen LogP contribution in [0.25, 0.3) is 10.9 Å². The molecule has 0 bridgehead atoms. The molecule has 2 unspecified atom stereocenters. The molecule has 1 saturated carbocycles. The molecule has 3 heterocycles. The monoisotopic (exact) mass is 623 g/mol. The van der Waals surface area contributed by atoms with Gasteiger partial charge in [-0.15, -0.1) is 0 Å². The molecule has 2 saturated heterocycles. The molecule has 0 radical (unpaired) electrons. The van der Waals surface area contributed by atoms with E-state index in [2.05, 4.69) is 32.7 Å². The first-order valence-corrected chi connectivity index (χ1v) is 15.6. The first kappa shape index (κ1) is 31.1. The van der Waals surface area contributed by atoms with Crippen molar-refractivity contribution in [1.82, 2.24) is 14.8 Å². The van der Waals surface area contributed by atoms with Crippen LogP contribution in [0.4, 0.5) is 24.5 Å². The Labute approximate surface area is 261 Å².